The Morgan fingerprint density at radius 2 is 2.25 bits per heavy atom. The third-order valence-corrected chi connectivity index (χ3v) is 2.56. The minimum atomic E-state index is -0.570. The Hall–Kier alpha value is -1.89. The predicted molar refractivity (Wildman–Crippen MR) is 58.0 cm³/mol. The summed E-state index contributed by atoms with van der Waals surface area (Å²) < 4.78 is 0. The van der Waals surface area contributed by atoms with Gasteiger partial charge in [-0.05, 0) is 18.9 Å². The highest BCUT2D eigenvalue weighted by atomic mass is 16.6. The highest BCUT2D eigenvalue weighted by molar-refractivity contribution is 5.57. The molecule has 1 aromatic heterocycles. The van der Waals surface area contributed by atoms with Crippen LogP contribution in [0.1, 0.15) is 12.8 Å². The minimum absolute atomic E-state index is 0.102. The van der Waals surface area contributed by atoms with Crippen LogP contribution in [-0.2, 0) is 0 Å². The second-order valence-corrected chi connectivity index (χ2v) is 3.82. The maximum Gasteiger partial charge on any atom is 0.311 e. The number of aromatic nitrogens is 1. The van der Waals surface area contributed by atoms with Crippen molar-refractivity contribution in [2.75, 3.05) is 11.1 Å². The van der Waals surface area contributed by atoms with Crippen LogP contribution in [0.15, 0.2) is 12.1 Å². The van der Waals surface area contributed by atoms with Crippen molar-refractivity contribution in [2.24, 2.45) is 0 Å². The number of aliphatic hydroxyl groups is 1. The van der Waals surface area contributed by atoms with Gasteiger partial charge in [0.2, 0.25) is 5.82 Å². The fourth-order valence-electron chi connectivity index (χ4n) is 1.62. The van der Waals surface area contributed by atoms with E-state index >= 15 is 0 Å². The molecule has 7 nitrogen and oxygen atoms in total. The van der Waals surface area contributed by atoms with Crippen LogP contribution in [0.5, 0.6) is 0 Å². The molecule has 0 atom stereocenters. The van der Waals surface area contributed by atoms with Gasteiger partial charge in [0.15, 0.2) is 0 Å². The Bertz CT molecular complexity index is 417. The SMILES string of the molecule is Nc1nc(NC2CC(O)C2)ccc1[N+](=O)[O-]. The highest BCUT2D eigenvalue weighted by Gasteiger charge is 2.27. The predicted octanol–water partition coefficient (Wildman–Crippen LogP) is 0.507. The van der Waals surface area contributed by atoms with Crippen molar-refractivity contribution < 1.29 is 10.0 Å². The molecule has 4 N–H and O–H groups in total. The van der Waals surface area contributed by atoms with Gasteiger partial charge in [-0.2, -0.15) is 0 Å². The average molecular weight is 224 g/mol. The van der Waals surface area contributed by atoms with E-state index in [-0.39, 0.29) is 23.7 Å². The molecule has 1 aliphatic carbocycles. The molecule has 7 heteroatoms. The zero-order valence-electron chi connectivity index (χ0n) is 8.46. The van der Waals surface area contributed by atoms with Crippen LogP contribution >= 0.6 is 0 Å². The topological polar surface area (TPSA) is 114 Å². The van der Waals surface area contributed by atoms with Gasteiger partial charge in [-0.15, -0.1) is 0 Å². The zero-order chi connectivity index (χ0) is 11.7. The van der Waals surface area contributed by atoms with E-state index in [0.29, 0.717) is 18.7 Å². The van der Waals surface area contributed by atoms with Gasteiger partial charge >= 0.3 is 5.69 Å². The third kappa shape index (κ3) is 2.03. The Morgan fingerprint density at radius 3 is 2.75 bits per heavy atom. The van der Waals surface area contributed by atoms with Crippen LogP contribution < -0.4 is 11.1 Å². The second-order valence-electron chi connectivity index (χ2n) is 3.82. The summed E-state index contributed by atoms with van der Waals surface area (Å²) in [6.45, 7) is 0. The van der Waals surface area contributed by atoms with E-state index in [2.05, 4.69) is 10.3 Å². The number of hydrogen-bond acceptors (Lipinski definition) is 6. The standard InChI is InChI=1S/C9H12N4O3/c10-9-7(13(15)16)1-2-8(12-9)11-5-3-6(14)4-5/h1-2,5-6,14H,3-4H2,(H3,10,11,12). The first-order chi connectivity index (χ1) is 7.56. The lowest BCUT2D eigenvalue weighted by molar-refractivity contribution is -0.384. The molecule has 2 rings (SSSR count). The number of nitrogens with two attached hydrogens (primary N) is 1. The molecule has 0 spiro atoms. The second kappa shape index (κ2) is 3.93. The van der Waals surface area contributed by atoms with Gasteiger partial charge < -0.3 is 16.2 Å². The molecule has 0 saturated heterocycles. The molecule has 0 unspecified atom stereocenters. The van der Waals surface area contributed by atoms with E-state index in [4.69, 9.17) is 10.8 Å². The molecule has 1 saturated carbocycles. The molecular formula is C9H12N4O3. The summed E-state index contributed by atoms with van der Waals surface area (Å²) in [4.78, 5) is 13.8. The molecule has 1 aliphatic rings. The van der Waals surface area contributed by atoms with Crippen molar-refractivity contribution in [2.45, 2.75) is 25.0 Å². The van der Waals surface area contributed by atoms with Crippen LogP contribution in [0.2, 0.25) is 0 Å². The molecule has 16 heavy (non-hydrogen) atoms. The van der Waals surface area contributed by atoms with Crippen molar-refractivity contribution in [3.8, 4) is 0 Å². The molecule has 0 amide bonds. The van der Waals surface area contributed by atoms with E-state index in [0.717, 1.165) is 0 Å². The lowest BCUT2D eigenvalue weighted by Crippen LogP contribution is -2.39. The number of nitrogens with one attached hydrogen (secondary N) is 1. The van der Waals surface area contributed by atoms with Crippen molar-refractivity contribution >= 4 is 17.3 Å². The van der Waals surface area contributed by atoms with Crippen LogP contribution in [0.4, 0.5) is 17.3 Å². The molecule has 1 aromatic rings. The number of nitrogens with zero attached hydrogens (tertiary/aromatic N) is 2. The summed E-state index contributed by atoms with van der Waals surface area (Å²) in [5, 5.41) is 22.6. The molecule has 1 fully saturated rings. The maximum atomic E-state index is 10.5. The lowest BCUT2D eigenvalue weighted by atomic mass is 9.89. The minimum Gasteiger partial charge on any atom is -0.393 e. The highest BCUT2D eigenvalue weighted by Crippen LogP contribution is 2.25. The zero-order valence-corrected chi connectivity index (χ0v) is 8.46. The Balaban J connectivity index is 2.06. The number of aliphatic hydroxyl groups excluding tert-OH is 1. The summed E-state index contributed by atoms with van der Waals surface area (Å²) in [7, 11) is 0. The molecule has 0 bridgehead atoms. The van der Waals surface area contributed by atoms with Crippen LogP contribution in [0, 0.1) is 10.1 Å². The normalized spacial score (nSPS) is 23.6. The van der Waals surface area contributed by atoms with E-state index in [9.17, 15) is 10.1 Å². The summed E-state index contributed by atoms with van der Waals surface area (Å²) >= 11 is 0. The summed E-state index contributed by atoms with van der Waals surface area (Å²) in [5.74, 6) is 0.398. The molecular weight excluding hydrogens is 212 g/mol. The number of pyridine rings is 1. The first-order valence-corrected chi connectivity index (χ1v) is 4.92. The quantitative estimate of drug-likeness (QED) is 0.509. The largest absolute Gasteiger partial charge is 0.393 e. The van der Waals surface area contributed by atoms with Crippen molar-refractivity contribution in [3.63, 3.8) is 0 Å². The molecule has 0 aliphatic heterocycles. The molecule has 0 radical (unpaired) electrons. The van der Waals surface area contributed by atoms with E-state index in [1.54, 1.807) is 0 Å². The van der Waals surface area contributed by atoms with Gasteiger partial charge in [-0.1, -0.05) is 0 Å². The third-order valence-electron chi connectivity index (χ3n) is 2.56. The van der Waals surface area contributed by atoms with Crippen molar-refractivity contribution in [1.82, 2.24) is 4.98 Å². The van der Waals surface area contributed by atoms with Crippen LogP contribution in [0.3, 0.4) is 0 Å². The summed E-state index contributed by atoms with van der Waals surface area (Å²) in [5.41, 5.74) is 5.25. The average Bonchev–Trinajstić information content (AvgIpc) is 2.15. The van der Waals surface area contributed by atoms with Gasteiger partial charge in [0, 0.05) is 12.1 Å². The number of nitro groups is 1. The van der Waals surface area contributed by atoms with E-state index in [1.807, 2.05) is 0 Å². The van der Waals surface area contributed by atoms with E-state index in [1.165, 1.54) is 12.1 Å². The summed E-state index contributed by atoms with van der Waals surface area (Å²) in [6.07, 6.45) is 1.07. The fraction of sp³-hybridized carbons (Fsp3) is 0.444. The van der Waals surface area contributed by atoms with Crippen LogP contribution in [0.25, 0.3) is 0 Å². The van der Waals surface area contributed by atoms with Gasteiger partial charge in [0.05, 0.1) is 11.0 Å². The number of anilines is 2. The van der Waals surface area contributed by atoms with Crippen molar-refractivity contribution in [1.29, 1.82) is 0 Å². The lowest BCUT2D eigenvalue weighted by Gasteiger charge is -2.32. The fourth-order valence-corrected chi connectivity index (χ4v) is 1.62. The molecule has 86 valence electrons. The number of rotatable bonds is 3. The first kappa shape index (κ1) is 10.6. The Morgan fingerprint density at radius 1 is 1.56 bits per heavy atom. The van der Waals surface area contributed by atoms with E-state index < -0.39 is 4.92 Å². The monoisotopic (exact) mass is 224 g/mol. The van der Waals surface area contributed by atoms with Gasteiger partial charge in [-0.25, -0.2) is 4.98 Å². The molecule has 0 aromatic carbocycles. The van der Waals surface area contributed by atoms with Crippen LogP contribution in [-0.4, -0.2) is 27.2 Å². The van der Waals surface area contributed by atoms with Gasteiger partial charge in [0.25, 0.3) is 0 Å². The Kier molecular flexibility index (Phi) is 2.61. The van der Waals surface area contributed by atoms with Gasteiger partial charge in [-0.3, -0.25) is 10.1 Å². The smallest absolute Gasteiger partial charge is 0.311 e. The maximum absolute atomic E-state index is 10.5. The first-order valence-electron chi connectivity index (χ1n) is 4.92. The molecule has 1 heterocycles. The van der Waals surface area contributed by atoms with Gasteiger partial charge in [0.1, 0.15) is 5.82 Å². The summed E-state index contributed by atoms with van der Waals surface area (Å²) in [6, 6.07) is 3.00. The number of nitrogen functional groups attached to an aromatic ring is 1. The Labute approximate surface area is 91.4 Å². The van der Waals surface area contributed by atoms with Crippen molar-refractivity contribution in [3.05, 3.63) is 22.2 Å². The number of hydrogen-bond donors (Lipinski definition) is 3.